The molecule has 0 aliphatic rings. The molecule has 3 rings (SSSR count). The fourth-order valence-corrected chi connectivity index (χ4v) is 2.43. The molecular formula is C20H20N4O2. The van der Waals surface area contributed by atoms with Gasteiger partial charge in [0, 0.05) is 18.3 Å². The molecular weight excluding hydrogens is 328 g/mol. The minimum Gasteiger partial charge on any atom is -0.497 e. The fourth-order valence-electron chi connectivity index (χ4n) is 2.43. The van der Waals surface area contributed by atoms with E-state index in [2.05, 4.69) is 20.6 Å². The van der Waals surface area contributed by atoms with Crippen LogP contribution in [0.15, 0.2) is 67.0 Å². The Morgan fingerprint density at radius 2 is 1.81 bits per heavy atom. The summed E-state index contributed by atoms with van der Waals surface area (Å²) in [6, 6.07) is 19.1. The van der Waals surface area contributed by atoms with Crippen LogP contribution in [0.4, 0.5) is 11.5 Å². The number of hydrogen-bond acceptors (Lipinski definition) is 5. The third-order valence-corrected chi connectivity index (χ3v) is 3.80. The Balaban J connectivity index is 1.58. The zero-order chi connectivity index (χ0) is 18.2. The lowest BCUT2D eigenvalue weighted by Gasteiger charge is -2.08. The Bertz CT molecular complexity index is 851. The van der Waals surface area contributed by atoms with Crippen LogP contribution in [-0.2, 0) is 6.42 Å². The summed E-state index contributed by atoms with van der Waals surface area (Å²) in [5.74, 6) is 1.11. The van der Waals surface area contributed by atoms with E-state index in [0.717, 1.165) is 17.9 Å². The van der Waals surface area contributed by atoms with Crippen LogP contribution < -0.4 is 15.4 Å². The van der Waals surface area contributed by atoms with Gasteiger partial charge in [0.2, 0.25) is 0 Å². The number of hydrogen-bond donors (Lipinski definition) is 2. The van der Waals surface area contributed by atoms with Gasteiger partial charge in [-0.05, 0) is 36.2 Å². The molecule has 26 heavy (non-hydrogen) atoms. The van der Waals surface area contributed by atoms with E-state index in [1.165, 1.54) is 11.9 Å². The van der Waals surface area contributed by atoms with Crippen LogP contribution in [0.25, 0.3) is 0 Å². The van der Waals surface area contributed by atoms with Gasteiger partial charge in [-0.3, -0.25) is 4.79 Å². The average Bonchev–Trinajstić information content (AvgIpc) is 2.69. The zero-order valence-corrected chi connectivity index (χ0v) is 14.5. The van der Waals surface area contributed by atoms with Gasteiger partial charge in [0.25, 0.3) is 5.91 Å². The Kier molecular flexibility index (Phi) is 5.77. The standard InChI is InChI=1S/C20H20N4O2/c1-26-17-9-7-16(8-10-17)24-19-13-18(22-14-23-19)20(25)21-12-11-15-5-3-2-4-6-15/h2-10,13-14H,11-12H2,1H3,(H,21,25)(H,22,23,24). The molecule has 1 amide bonds. The first-order chi connectivity index (χ1) is 12.7. The fraction of sp³-hybridized carbons (Fsp3) is 0.150. The Morgan fingerprint density at radius 1 is 1.04 bits per heavy atom. The maximum absolute atomic E-state index is 12.3. The first-order valence-corrected chi connectivity index (χ1v) is 8.30. The molecule has 0 radical (unpaired) electrons. The zero-order valence-electron chi connectivity index (χ0n) is 14.5. The van der Waals surface area contributed by atoms with Crippen LogP contribution >= 0.6 is 0 Å². The Labute approximate surface area is 152 Å². The number of amides is 1. The normalized spacial score (nSPS) is 10.2. The third-order valence-electron chi connectivity index (χ3n) is 3.80. The van der Waals surface area contributed by atoms with Gasteiger partial charge in [0.05, 0.1) is 7.11 Å². The molecule has 3 aromatic rings. The van der Waals surface area contributed by atoms with Crippen molar-refractivity contribution < 1.29 is 9.53 Å². The predicted octanol–water partition coefficient (Wildman–Crippen LogP) is 3.20. The van der Waals surface area contributed by atoms with Crippen molar-refractivity contribution in [3.05, 3.63) is 78.2 Å². The molecule has 0 bridgehead atoms. The van der Waals surface area contributed by atoms with Crippen LogP contribution in [0.3, 0.4) is 0 Å². The van der Waals surface area contributed by atoms with Crippen LogP contribution in [0, 0.1) is 0 Å². The van der Waals surface area contributed by atoms with E-state index in [0.29, 0.717) is 18.1 Å². The van der Waals surface area contributed by atoms with E-state index >= 15 is 0 Å². The average molecular weight is 348 g/mol. The summed E-state index contributed by atoms with van der Waals surface area (Å²) in [5.41, 5.74) is 2.35. The molecule has 6 heteroatoms. The van der Waals surface area contributed by atoms with Gasteiger partial charge in [0.15, 0.2) is 0 Å². The molecule has 0 fully saturated rings. The second-order valence-electron chi connectivity index (χ2n) is 5.63. The number of aromatic nitrogens is 2. The summed E-state index contributed by atoms with van der Waals surface area (Å²) in [7, 11) is 1.62. The maximum Gasteiger partial charge on any atom is 0.270 e. The van der Waals surface area contributed by atoms with Gasteiger partial charge in [-0.1, -0.05) is 30.3 Å². The highest BCUT2D eigenvalue weighted by Crippen LogP contribution is 2.18. The lowest BCUT2D eigenvalue weighted by atomic mass is 10.1. The highest BCUT2D eigenvalue weighted by Gasteiger charge is 2.08. The molecule has 0 spiro atoms. The van der Waals surface area contributed by atoms with Crippen LogP contribution in [0.2, 0.25) is 0 Å². The van der Waals surface area contributed by atoms with Crippen molar-refractivity contribution in [1.82, 2.24) is 15.3 Å². The van der Waals surface area contributed by atoms with Crippen molar-refractivity contribution in [1.29, 1.82) is 0 Å². The van der Waals surface area contributed by atoms with Crippen LogP contribution in [0.5, 0.6) is 5.75 Å². The predicted molar refractivity (Wildman–Crippen MR) is 101 cm³/mol. The molecule has 0 saturated carbocycles. The SMILES string of the molecule is COc1ccc(Nc2cc(C(=O)NCCc3ccccc3)ncn2)cc1. The quantitative estimate of drug-likeness (QED) is 0.686. The highest BCUT2D eigenvalue weighted by atomic mass is 16.5. The summed E-state index contributed by atoms with van der Waals surface area (Å²) in [6.07, 6.45) is 2.15. The monoisotopic (exact) mass is 348 g/mol. The largest absolute Gasteiger partial charge is 0.497 e. The van der Waals surface area contributed by atoms with Crippen LogP contribution in [0.1, 0.15) is 16.1 Å². The van der Waals surface area contributed by atoms with E-state index in [9.17, 15) is 4.79 Å². The number of carbonyl (C=O) groups excluding carboxylic acids is 1. The molecule has 2 aromatic carbocycles. The highest BCUT2D eigenvalue weighted by molar-refractivity contribution is 5.92. The summed E-state index contributed by atoms with van der Waals surface area (Å²) in [4.78, 5) is 20.5. The Hall–Kier alpha value is -3.41. The van der Waals surface area contributed by atoms with Crippen LogP contribution in [-0.4, -0.2) is 29.5 Å². The van der Waals surface area contributed by atoms with Gasteiger partial charge < -0.3 is 15.4 Å². The number of nitrogens with zero attached hydrogens (tertiary/aromatic N) is 2. The number of methoxy groups -OCH3 is 1. The molecule has 1 aromatic heterocycles. The van der Waals surface area contributed by atoms with Crippen molar-refractivity contribution in [3.8, 4) is 5.75 Å². The van der Waals surface area contributed by atoms with Gasteiger partial charge in [0.1, 0.15) is 23.6 Å². The topological polar surface area (TPSA) is 76.1 Å². The second kappa shape index (κ2) is 8.62. The Morgan fingerprint density at radius 3 is 2.54 bits per heavy atom. The van der Waals surface area contributed by atoms with E-state index < -0.39 is 0 Å². The number of nitrogens with one attached hydrogen (secondary N) is 2. The van der Waals surface area contributed by atoms with Gasteiger partial charge >= 0.3 is 0 Å². The third kappa shape index (κ3) is 4.80. The summed E-state index contributed by atoms with van der Waals surface area (Å²) in [6.45, 7) is 0.550. The first kappa shape index (κ1) is 17.4. The van der Waals surface area contributed by atoms with Gasteiger partial charge in [-0.25, -0.2) is 9.97 Å². The number of carbonyl (C=O) groups is 1. The summed E-state index contributed by atoms with van der Waals surface area (Å²) >= 11 is 0. The summed E-state index contributed by atoms with van der Waals surface area (Å²) < 4.78 is 5.13. The number of rotatable bonds is 7. The van der Waals surface area contributed by atoms with Crippen molar-refractivity contribution >= 4 is 17.4 Å². The van der Waals surface area contributed by atoms with E-state index in [1.807, 2.05) is 54.6 Å². The molecule has 0 saturated heterocycles. The van der Waals surface area contributed by atoms with Gasteiger partial charge in [-0.15, -0.1) is 0 Å². The van der Waals surface area contributed by atoms with Crippen molar-refractivity contribution in [2.75, 3.05) is 19.0 Å². The number of benzene rings is 2. The molecule has 0 aliphatic heterocycles. The number of anilines is 2. The van der Waals surface area contributed by atoms with Crippen molar-refractivity contribution in [3.63, 3.8) is 0 Å². The van der Waals surface area contributed by atoms with E-state index in [1.54, 1.807) is 13.2 Å². The molecule has 6 nitrogen and oxygen atoms in total. The van der Waals surface area contributed by atoms with Crippen molar-refractivity contribution in [2.24, 2.45) is 0 Å². The molecule has 132 valence electrons. The molecule has 0 atom stereocenters. The second-order valence-corrected chi connectivity index (χ2v) is 5.63. The molecule has 0 unspecified atom stereocenters. The maximum atomic E-state index is 12.3. The summed E-state index contributed by atoms with van der Waals surface area (Å²) in [5, 5.41) is 6.03. The minimum atomic E-state index is -0.221. The first-order valence-electron chi connectivity index (χ1n) is 8.30. The lowest BCUT2D eigenvalue weighted by Crippen LogP contribution is -2.26. The minimum absolute atomic E-state index is 0.221. The molecule has 1 heterocycles. The molecule has 0 aliphatic carbocycles. The lowest BCUT2D eigenvalue weighted by molar-refractivity contribution is 0.0949. The van der Waals surface area contributed by atoms with Gasteiger partial charge in [-0.2, -0.15) is 0 Å². The molecule has 2 N–H and O–H groups in total. The van der Waals surface area contributed by atoms with Crippen molar-refractivity contribution in [2.45, 2.75) is 6.42 Å². The smallest absolute Gasteiger partial charge is 0.270 e. The van der Waals surface area contributed by atoms with E-state index in [-0.39, 0.29) is 5.91 Å². The van der Waals surface area contributed by atoms with E-state index in [4.69, 9.17) is 4.74 Å². The number of ether oxygens (including phenoxy) is 1.